The van der Waals surface area contributed by atoms with Crippen molar-refractivity contribution in [3.63, 3.8) is 0 Å². The van der Waals surface area contributed by atoms with E-state index < -0.39 is 17.8 Å². The maximum atomic E-state index is 12.4. The first-order chi connectivity index (χ1) is 17.2. The Balaban J connectivity index is 1.70. The van der Waals surface area contributed by atoms with Crippen LogP contribution in [0, 0.1) is 6.92 Å². The Kier molecular flexibility index (Phi) is 9.27. The zero-order chi connectivity index (χ0) is 26.4. The van der Waals surface area contributed by atoms with Gasteiger partial charge in [0.1, 0.15) is 21.4 Å². The predicted molar refractivity (Wildman–Crippen MR) is 144 cm³/mol. The number of carbonyl (C=O) groups is 3. The van der Waals surface area contributed by atoms with Crippen molar-refractivity contribution >= 4 is 80.8 Å². The van der Waals surface area contributed by atoms with Gasteiger partial charge in [0.15, 0.2) is 5.11 Å². The minimum atomic E-state index is -0.633. The fraction of sp³-hybridized carbons (Fsp3) is 0.167. The molecular formula is C24H20Cl2N2O6S2. The van der Waals surface area contributed by atoms with Crippen molar-refractivity contribution in [2.45, 2.75) is 13.8 Å². The van der Waals surface area contributed by atoms with Gasteiger partial charge in [-0.1, -0.05) is 29.3 Å². The summed E-state index contributed by atoms with van der Waals surface area (Å²) in [4.78, 5) is 37.1. The van der Waals surface area contributed by atoms with Gasteiger partial charge in [-0.25, -0.2) is 9.59 Å². The van der Waals surface area contributed by atoms with E-state index in [0.29, 0.717) is 32.7 Å². The number of furan rings is 1. The quantitative estimate of drug-likeness (QED) is 0.200. The second kappa shape index (κ2) is 12.2. The molecule has 0 unspecified atom stereocenters. The zero-order valence-electron chi connectivity index (χ0n) is 19.3. The average Bonchev–Trinajstić information content (AvgIpc) is 3.43. The average molecular weight is 567 g/mol. The van der Waals surface area contributed by atoms with E-state index >= 15 is 0 Å². The monoisotopic (exact) mass is 566 g/mol. The highest BCUT2D eigenvalue weighted by molar-refractivity contribution is 7.80. The Hall–Kier alpha value is -3.18. The summed E-state index contributed by atoms with van der Waals surface area (Å²) in [7, 11) is 1.24. The zero-order valence-corrected chi connectivity index (χ0v) is 22.4. The molecule has 2 aromatic heterocycles. The summed E-state index contributed by atoms with van der Waals surface area (Å²) in [5.74, 6) is -0.903. The predicted octanol–water partition coefficient (Wildman–Crippen LogP) is 6.11. The molecule has 3 aromatic rings. The molecule has 0 spiro atoms. The molecule has 1 amide bonds. The van der Waals surface area contributed by atoms with E-state index in [1.807, 2.05) is 0 Å². The minimum Gasteiger partial charge on any atom is -0.465 e. The largest absolute Gasteiger partial charge is 0.465 e. The summed E-state index contributed by atoms with van der Waals surface area (Å²) >= 11 is 18.4. The van der Waals surface area contributed by atoms with Crippen LogP contribution in [0.4, 0.5) is 5.00 Å². The lowest BCUT2D eigenvalue weighted by molar-refractivity contribution is -0.115. The molecule has 0 fully saturated rings. The molecule has 0 aliphatic carbocycles. The first kappa shape index (κ1) is 27.4. The number of amides is 1. The van der Waals surface area contributed by atoms with Gasteiger partial charge in [-0.05, 0) is 62.0 Å². The van der Waals surface area contributed by atoms with E-state index in [1.54, 1.807) is 44.2 Å². The van der Waals surface area contributed by atoms with Crippen molar-refractivity contribution in [2.24, 2.45) is 0 Å². The molecule has 36 heavy (non-hydrogen) atoms. The summed E-state index contributed by atoms with van der Waals surface area (Å²) in [5.41, 5.74) is 1.14. The molecular weight excluding hydrogens is 547 g/mol. The van der Waals surface area contributed by atoms with E-state index in [9.17, 15) is 14.4 Å². The highest BCUT2D eigenvalue weighted by atomic mass is 35.5. The van der Waals surface area contributed by atoms with Crippen LogP contribution in [0.25, 0.3) is 17.4 Å². The van der Waals surface area contributed by atoms with E-state index in [2.05, 4.69) is 10.6 Å². The van der Waals surface area contributed by atoms with Gasteiger partial charge in [-0.15, -0.1) is 11.3 Å². The number of hydrogen-bond donors (Lipinski definition) is 2. The molecule has 2 heterocycles. The molecule has 2 N–H and O–H groups in total. The first-order valence-electron chi connectivity index (χ1n) is 10.4. The summed E-state index contributed by atoms with van der Waals surface area (Å²) in [6, 6.07) is 8.55. The highest BCUT2D eigenvalue weighted by Gasteiger charge is 2.26. The minimum absolute atomic E-state index is 0.0845. The number of nitrogens with one attached hydrogen (secondary N) is 2. The number of carbonyl (C=O) groups excluding carboxylic acids is 3. The maximum absolute atomic E-state index is 12.4. The third kappa shape index (κ3) is 6.33. The summed E-state index contributed by atoms with van der Waals surface area (Å²) in [6.07, 6.45) is 2.68. The van der Waals surface area contributed by atoms with Gasteiger partial charge < -0.3 is 19.2 Å². The lowest BCUT2D eigenvalue weighted by Crippen LogP contribution is -2.33. The van der Waals surface area contributed by atoms with Gasteiger partial charge >= 0.3 is 11.9 Å². The first-order valence-corrected chi connectivity index (χ1v) is 12.4. The molecule has 0 bridgehead atoms. The fourth-order valence-corrected chi connectivity index (χ4v) is 4.84. The highest BCUT2D eigenvalue weighted by Crippen LogP contribution is 2.35. The van der Waals surface area contributed by atoms with Crippen molar-refractivity contribution in [3.8, 4) is 11.3 Å². The Morgan fingerprint density at radius 3 is 2.61 bits per heavy atom. The number of thiophene rings is 1. The Labute approximate surface area is 226 Å². The van der Waals surface area contributed by atoms with Crippen molar-refractivity contribution < 1.29 is 28.3 Å². The molecule has 0 saturated heterocycles. The van der Waals surface area contributed by atoms with Crippen LogP contribution in [0.3, 0.4) is 0 Å². The second-order valence-corrected chi connectivity index (χ2v) is 9.27. The number of rotatable bonds is 7. The molecule has 0 aliphatic heterocycles. The molecule has 3 rings (SSSR count). The van der Waals surface area contributed by atoms with Gasteiger partial charge in [-0.2, -0.15) is 0 Å². The van der Waals surface area contributed by atoms with E-state index in [1.165, 1.54) is 19.3 Å². The van der Waals surface area contributed by atoms with Crippen LogP contribution in [0.2, 0.25) is 10.0 Å². The fourth-order valence-electron chi connectivity index (χ4n) is 3.07. The normalized spacial score (nSPS) is 10.8. The van der Waals surface area contributed by atoms with Gasteiger partial charge in [0.25, 0.3) is 0 Å². The molecule has 0 atom stereocenters. The van der Waals surface area contributed by atoms with Crippen LogP contribution < -0.4 is 10.6 Å². The second-order valence-electron chi connectivity index (χ2n) is 7.05. The molecule has 12 heteroatoms. The Morgan fingerprint density at radius 2 is 1.92 bits per heavy atom. The topological polar surface area (TPSA) is 107 Å². The molecule has 0 saturated carbocycles. The Bertz CT molecular complexity index is 1360. The number of halogens is 2. The van der Waals surface area contributed by atoms with Gasteiger partial charge in [0, 0.05) is 11.6 Å². The van der Waals surface area contributed by atoms with Crippen LogP contribution in [0.5, 0.6) is 0 Å². The summed E-state index contributed by atoms with van der Waals surface area (Å²) < 4.78 is 15.6. The van der Waals surface area contributed by atoms with Crippen molar-refractivity contribution in [1.82, 2.24) is 5.32 Å². The lowest BCUT2D eigenvalue weighted by Gasteiger charge is -2.09. The number of ether oxygens (including phenoxy) is 2. The molecule has 8 nitrogen and oxygen atoms in total. The van der Waals surface area contributed by atoms with E-state index in [-0.39, 0.29) is 27.2 Å². The number of hydrogen-bond acceptors (Lipinski definition) is 8. The molecule has 1 aromatic carbocycles. The smallest absolute Gasteiger partial charge is 0.348 e. The van der Waals surface area contributed by atoms with Crippen LogP contribution >= 0.6 is 46.8 Å². The van der Waals surface area contributed by atoms with E-state index in [4.69, 9.17) is 49.3 Å². The van der Waals surface area contributed by atoms with Crippen LogP contribution in [-0.2, 0) is 14.3 Å². The SMILES string of the molecule is CCOC(=O)c1c(NC(=S)NC(=O)C=Cc2ccc(-c3cccc(Cl)c3Cl)o2)sc(C(=O)OC)c1C. The van der Waals surface area contributed by atoms with Crippen LogP contribution in [0.1, 0.15) is 38.3 Å². The third-order valence-corrected chi connectivity index (χ3v) is 6.91. The molecule has 188 valence electrons. The number of thiocarbonyl (C=S) groups is 1. The van der Waals surface area contributed by atoms with E-state index in [0.717, 1.165) is 11.3 Å². The maximum Gasteiger partial charge on any atom is 0.348 e. The van der Waals surface area contributed by atoms with Crippen molar-refractivity contribution in [1.29, 1.82) is 0 Å². The number of methoxy groups -OCH3 is 1. The van der Waals surface area contributed by atoms with Crippen LogP contribution in [0.15, 0.2) is 40.8 Å². The molecule has 0 aliphatic rings. The summed E-state index contributed by atoms with van der Waals surface area (Å²) in [5, 5.41) is 6.18. The third-order valence-electron chi connectivity index (χ3n) is 4.70. The standard InChI is InChI=1S/C24H20Cl2N2O6S2/c1-4-33-22(30)18-12(2)20(23(31)32-3)36-21(18)28-24(35)27-17(29)11-9-13-8-10-16(34-13)14-6-5-7-15(25)19(14)26/h5-11H,4H2,1-3H3,(H2,27,28,29,35). The number of anilines is 1. The summed E-state index contributed by atoms with van der Waals surface area (Å²) in [6.45, 7) is 3.40. The lowest BCUT2D eigenvalue weighted by atomic mass is 10.1. The molecule has 0 radical (unpaired) electrons. The Morgan fingerprint density at radius 1 is 1.17 bits per heavy atom. The number of esters is 2. The van der Waals surface area contributed by atoms with Gasteiger partial charge in [0.05, 0.1) is 29.3 Å². The van der Waals surface area contributed by atoms with Gasteiger partial charge in [-0.3, -0.25) is 10.1 Å². The van der Waals surface area contributed by atoms with Crippen molar-refractivity contribution in [2.75, 3.05) is 19.0 Å². The van der Waals surface area contributed by atoms with Crippen molar-refractivity contribution in [3.05, 3.63) is 68.2 Å². The number of benzene rings is 1. The van der Waals surface area contributed by atoms with Crippen LogP contribution in [-0.4, -0.2) is 36.7 Å². The van der Waals surface area contributed by atoms with Gasteiger partial charge in [0.2, 0.25) is 5.91 Å².